The van der Waals surface area contributed by atoms with E-state index in [4.69, 9.17) is 9.47 Å². The summed E-state index contributed by atoms with van der Waals surface area (Å²) >= 11 is 0. The molecule has 7 nitrogen and oxygen atoms in total. The third kappa shape index (κ3) is 9.09. The first kappa shape index (κ1) is 26.6. The molecule has 0 bridgehead atoms. The van der Waals surface area contributed by atoms with Crippen LogP contribution in [0.1, 0.15) is 59.4 Å². The van der Waals surface area contributed by atoms with Crippen molar-refractivity contribution in [2.24, 2.45) is 11.8 Å². The van der Waals surface area contributed by atoms with Gasteiger partial charge in [0.05, 0.1) is 11.5 Å². The average molecular weight is 435 g/mol. The molecule has 1 unspecified atom stereocenters. The number of ether oxygens (including phenoxy) is 2. The Kier molecular flexibility index (Phi) is 10.7. The number of nitro benzene ring substituents is 1. The summed E-state index contributed by atoms with van der Waals surface area (Å²) in [5, 5.41) is 14.4. The van der Waals surface area contributed by atoms with Crippen molar-refractivity contribution in [3.63, 3.8) is 0 Å². The highest BCUT2D eigenvalue weighted by Gasteiger charge is 2.27. The van der Waals surface area contributed by atoms with Gasteiger partial charge in [0.25, 0.3) is 5.69 Å². The minimum absolute atomic E-state index is 0.0770. The standard InChI is InChI=1S/C24H38N2O5/c1-8-10-18(13-19-11-12-22(26(28)29)21(15-19)25-9-2)14-20(16-30-7)17(3)23(27)31-24(4,5)6/h11-12,15,18,20,25H,3,8-10,13-14,16H2,1-2,4-7H3/t18?,20-/m0/s1. The highest BCUT2D eigenvalue weighted by atomic mass is 16.6. The van der Waals surface area contributed by atoms with Gasteiger partial charge < -0.3 is 14.8 Å². The Morgan fingerprint density at radius 3 is 2.48 bits per heavy atom. The lowest BCUT2D eigenvalue weighted by molar-refractivity contribution is -0.384. The molecule has 174 valence electrons. The molecule has 0 aliphatic rings. The molecule has 0 aliphatic carbocycles. The molecule has 0 aromatic heterocycles. The third-order valence-electron chi connectivity index (χ3n) is 4.99. The van der Waals surface area contributed by atoms with E-state index in [0.29, 0.717) is 24.4 Å². The highest BCUT2D eigenvalue weighted by molar-refractivity contribution is 5.88. The summed E-state index contributed by atoms with van der Waals surface area (Å²) < 4.78 is 10.9. The number of nitrogens with zero attached hydrogens (tertiary/aromatic N) is 1. The number of methoxy groups -OCH3 is 1. The maximum atomic E-state index is 12.5. The molecule has 0 spiro atoms. The van der Waals surface area contributed by atoms with Crippen molar-refractivity contribution in [2.75, 3.05) is 25.6 Å². The molecule has 2 atom stereocenters. The number of rotatable bonds is 13. The third-order valence-corrected chi connectivity index (χ3v) is 4.99. The second-order valence-corrected chi connectivity index (χ2v) is 8.91. The molecule has 0 fully saturated rings. The number of hydrogen-bond acceptors (Lipinski definition) is 6. The zero-order chi connectivity index (χ0) is 23.6. The van der Waals surface area contributed by atoms with E-state index in [1.807, 2.05) is 39.8 Å². The quantitative estimate of drug-likeness (QED) is 0.190. The minimum atomic E-state index is -0.581. The summed E-state index contributed by atoms with van der Waals surface area (Å²) in [4.78, 5) is 23.5. The van der Waals surface area contributed by atoms with E-state index < -0.39 is 11.6 Å². The van der Waals surface area contributed by atoms with Crippen molar-refractivity contribution >= 4 is 17.3 Å². The number of carbonyl (C=O) groups excluding carboxylic acids is 1. The van der Waals surface area contributed by atoms with Crippen molar-refractivity contribution in [1.82, 2.24) is 0 Å². The van der Waals surface area contributed by atoms with E-state index in [9.17, 15) is 14.9 Å². The number of nitro groups is 1. The monoisotopic (exact) mass is 434 g/mol. The molecular weight excluding hydrogens is 396 g/mol. The molecule has 7 heteroatoms. The highest BCUT2D eigenvalue weighted by Crippen LogP contribution is 2.31. The van der Waals surface area contributed by atoms with Gasteiger partial charge in [-0.3, -0.25) is 10.1 Å². The van der Waals surface area contributed by atoms with Crippen molar-refractivity contribution < 1.29 is 19.2 Å². The molecule has 1 N–H and O–H groups in total. The molecule has 1 aromatic rings. The lowest BCUT2D eigenvalue weighted by atomic mass is 9.83. The van der Waals surface area contributed by atoms with Crippen LogP contribution < -0.4 is 5.32 Å². The minimum Gasteiger partial charge on any atom is -0.457 e. The first-order chi connectivity index (χ1) is 14.5. The van der Waals surface area contributed by atoms with Crippen molar-refractivity contribution in [1.29, 1.82) is 0 Å². The Bertz CT molecular complexity index is 755. The predicted molar refractivity (Wildman–Crippen MR) is 124 cm³/mol. The van der Waals surface area contributed by atoms with Crippen LogP contribution in [0.4, 0.5) is 11.4 Å². The van der Waals surface area contributed by atoms with E-state index in [-0.39, 0.29) is 22.4 Å². The number of carbonyl (C=O) groups is 1. The molecule has 1 rings (SSSR count). The number of hydrogen-bond donors (Lipinski definition) is 1. The number of nitrogens with one attached hydrogen (secondary N) is 1. The summed E-state index contributed by atoms with van der Waals surface area (Å²) in [7, 11) is 1.61. The maximum Gasteiger partial charge on any atom is 0.334 e. The number of benzene rings is 1. The summed E-state index contributed by atoms with van der Waals surface area (Å²) in [6.07, 6.45) is 3.45. The van der Waals surface area contributed by atoms with E-state index in [1.54, 1.807) is 13.2 Å². The number of esters is 1. The molecular formula is C24H38N2O5. The van der Waals surface area contributed by atoms with Gasteiger partial charge in [-0.05, 0) is 58.1 Å². The summed E-state index contributed by atoms with van der Waals surface area (Å²) in [6, 6.07) is 5.23. The second-order valence-electron chi connectivity index (χ2n) is 8.91. The molecule has 0 saturated carbocycles. The van der Waals surface area contributed by atoms with Crippen LogP contribution in [0.25, 0.3) is 0 Å². The van der Waals surface area contributed by atoms with E-state index in [0.717, 1.165) is 31.2 Å². The van der Waals surface area contributed by atoms with E-state index in [2.05, 4.69) is 18.8 Å². The van der Waals surface area contributed by atoms with Gasteiger partial charge >= 0.3 is 5.97 Å². The first-order valence-electron chi connectivity index (χ1n) is 10.9. The molecule has 31 heavy (non-hydrogen) atoms. The van der Waals surface area contributed by atoms with Crippen LogP contribution in [0.3, 0.4) is 0 Å². The SMILES string of the molecule is C=C(C(=O)OC(C)(C)C)[C@H](COC)CC(CCC)Cc1ccc([N+](=O)[O-])c(NCC)c1. The van der Waals surface area contributed by atoms with Gasteiger partial charge in [0.15, 0.2) is 0 Å². The van der Waals surface area contributed by atoms with Crippen LogP contribution in [0.2, 0.25) is 0 Å². The van der Waals surface area contributed by atoms with Gasteiger partial charge in [-0.1, -0.05) is 32.4 Å². The number of anilines is 1. The maximum absolute atomic E-state index is 12.5. The fourth-order valence-electron chi connectivity index (χ4n) is 3.67. The smallest absolute Gasteiger partial charge is 0.334 e. The molecule has 0 saturated heterocycles. The lowest BCUT2D eigenvalue weighted by Crippen LogP contribution is -2.29. The Balaban J connectivity index is 3.03. The zero-order valence-electron chi connectivity index (χ0n) is 19.8. The summed E-state index contributed by atoms with van der Waals surface area (Å²) in [6.45, 7) is 14.5. The van der Waals surface area contributed by atoms with Crippen LogP contribution >= 0.6 is 0 Å². The van der Waals surface area contributed by atoms with E-state index in [1.165, 1.54) is 0 Å². The van der Waals surface area contributed by atoms with Crippen LogP contribution in [0.5, 0.6) is 0 Å². The first-order valence-corrected chi connectivity index (χ1v) is 10.9. The Hall–Kier alpha value is -2.41. The molecule has 1 aromatic carbocycles. The van der Waals surface area contributed by atoms with Crippen molar-refractivity contribution in [2.45, 2.75) is 65.9 Å². The fourth-order valence-corrected chi connectivity index (χ4v) is 3.67. The Labute approximate surface area is 186 Å². The molecule has 0 amide bonds. The predicted octanol–water partition coefficient (Wildman–Crippen LogP) is 5.54. The second kappa shape index (κ2) is 12.4. The van der Waals surface area contributed by atoms with Gasteiger partial charge in [0.1, 0.15) is 11.3 Å². The van der Waals surface area contributed by atoms with Crippen LogP contribution in [0, 0.1) is 22.0 Å². The van der Waals surface area contributed by atoms with Gasteiger partial charge in [-0.2, -0.15) is 0 Å². The summed E-state index contributed by atoms with van der Waals surface area (Å²) in [5.74, 6) is -0.266. The van der Waals surface area contributed by atoms with Crippen LogP contribution in [-0.4, -0.2) is 36.8 Å². The van der Waals surface area contributed by atoms with Crippen LogP contribution in [0.15, 0.2) is 30.4 Å². The average Bonchev–Trinajstić information content (AvgIpc) is 2.66. The molecule has 0 radical (unpaired) electrons. The zero-order valence-corrected chi connectivity index (χ0v) is 19.8. The lowest BCUT2D eigenvalue weighted by Gasteiger charge is -2.26. The Morgan fingerprint density at radius 2 is 1.97 bits per heavy atom. The van der Waals surface area contributed by atoms with Crippen LogP contribution in [-0.2, 0) is 20.7 Å². The molecule has 0 aliphatic heterocycles. The largest absolute Gasteiger partial charge is 0.457 e. The fraction of sp³-hybridized carbons (Fsp3) is 0.625. The Morgan fingerprint density at radius 1 is 1.29 bits per heavy atom. The normalized spacial score (nSPS) is 13.4. The van der Waals surface area contributed by atoms with Gasteiger partial charge in [0, 0.05) is 31.2 Å². The van der Waals surface area contributed by atoms with Gasteiger partial charge in [-0.25, -0.2) is 4.79 Å². The van der Waals surface area contributed by atoms with Crippen molar-refractivity contribution in [3.8, 4) is 0 Å². The molecule has 0 heterocycles. The van der Waals surface area contributed by atoms with E-state index >= 15 is 0 Å². The van der Waals surface area contributed by atoms with Gasteiger partial charge in [-0.15, -0.1) is 0 Å². The van der Waals surface area contributed by atoms with Crippen molar-refractivity contribution in [3.05, 3.63) is 46.0 Å². The summed E-state index contributed by atoms with van der Waals surface area (Å²) in [5.41, 5.74) is 1.48. The topological polar surface area (TPSA) is 90.7 Å². The van der Waals surface area contributed by atoms with Gasteiger partial charge in [0.2, 0.25) is 0 Å².